The quantitative estimate of drug-likeness (QED) is 0.472. The van der Waals surface area contributed by atoms with Crippen LogP contribution in [-0.4, -0.2) is 56.6 Å². The topological polar surface area (TPSA) is 115 Å². The van der Waals surface area contributed by atoms with E-state index in [0.29, 0.717) is 18.7 Å². The number of pyridine rings is 1. The summed E-state index contributed by atoms with van der Waals surface area (Å²) in [4.78, 5) is 34.3. The highest BCUT2D eigenvalue weighted by atomic mass is 19.1. The summed E-state index contributed by atoms with van der Waals surface area (Å²) in [6, 6.07) is 4.55. The number of hydrogen-bond acceptors (Lipinski definition) is 7. The number of likely N-dealkylation sites (tertiary alicyclic amines) is 1. The van der Waals surface area contributed by atoms with Gasteiger partial charge in [-0.1, -0.05) is 11.2 Å². The normalized spacial score (nSPS) is 13.7. The highest BCUT2D eigenvalue weighted by Crippen LogP contribution is 2.33. The molecular formula is C23H20F2N6O4. The number of aromatic nitrogens is 4. The Kier molecular flexibility index (Phi) is 5.42. The van der Waals surface area contributed by atoms with Crippen LogP contribution in [0.2, 0.25) is 0 Å². The van der Waals surface area contributed by atoms with Gasteiger partial charge in [-0.05, 0) is 31.5 Å². The van der Waals surface area contributed by atoms with Crippen molar-refractivity contribution in [2.75, 3.05) is 25.5 Å². The number of imidazole rings is 1. The molecule has 5 rings (SSSR count). The van der Waals surface area contributed by atoms with Crippen molar-refractivity contribution >= 4 is 23.3 Å². The van der Waals surface area contributed by atoms with Crippen molar-refractivity contribution in [1.82, 2.24) is 24.4 Å². The van der Waals surface area contributed by atoms with Gasteiger partial charge in [-0.3, -0.25) is 9.20 Å². The number of hydrogen-bond donors (Lipinski definition) is 1. The largest absolute Gasteiger partial charge is 0.453 e. The number of carbonyl (C=O) groups is 2. The predicted molar refractivity (Wildman–Crippen MR) is 119 cm³/mol. The molecule has 1 aliphatic rings. The Hall–Kier alpha value is -4.35. The van der Waals surface area contributed by atoms with Crippen LogP contribution in [-0.2, 0) is 4.74 Å². The number of methoxy groups -OCH3 is 1. The van der Waals surface area contributed by atoms with E-state index in [9.17, 15) is 14.0 Å². The molecule has 1 N–H and O–H groups in total. The number of amides is 2. The second-order valence-electron chi connectivity index (χ2n) is 8.28. The zero-order valence-electron chi connectivity index (χ0n) is 19.0. The predicted octanol–water partition coefficient (Wildman–Crippen LogP) is 3.70. The molecule has 1 fully saturated rings. The van der Waals surface area contributed by atoms with E-state index in [4.69, 9.17) is 4.52 Å². The summed E-state index contributed by atoms with van der Waals surface area (Å²) >= 11 is 0. The minimum absolute atomic E-state index is 0.0824. The molecule has 4 heterocycles. The maximum absolute atomic E-state index is 15.5. The number of rotatable bonds is 4. The van der Waals surface area contributed by atoms with E-state index >= 15 is 4.39 Å². The van der Waals surface area contributed by atoms with Gasteiger partial charge in [0.2, 0.25) is 11.7 Å². The third kappa shape index (κ3) is 3.86. The summed E-state index contributed by atoms with van der Waals surface area (Å²) in [5, 5.41) is 6.24. The Labute approximate surface area is 197 Å². The van der Waals surface area contributed by atoms with Crippen molar-refractivity contribution in [3.63, 3.8) is 0 Å². The highest BCUT2D eigenvalue weighted by Gasteiger charge is 2.36. The average Bonchev–Trinajstić information content (AvgIpc) is 3.45. The number of ether oxygens (including phenoxy) is 1. The second-order valence-corrected chi connectivity index (χ2v) is 8.28. The number of anilines is 1. The van der Waals surface area contributed by atoms with Gasteiger partial charge >= 0.3 is 6.09 Å². The number of fused-ring (bicyclic) bond motifs is 1. The molecule has 1 aromatic carbocycles. The minimum Gasteiger partial charge on any atom is -0.453 e. The van der Waals surface area contributed by atoms with Crippen LogP contribution < -0.4 is 5.32 Å². The summed E-state index contributed by atoms with van der Waals surface area (Å²) in [6.07, 6.45) is 2.61. The fourth-order valence-corrected chi connectivity index (χ4v) is 3.88. The summed E-state index contributed by atoms with van der Waals surface area (Å²) in [6.45, 7) is 3.83. The minimum atomic E-state index is -0.903. The van der Waals surface area contributed by atoms with Crippen LogP contribution in [0.1, 0.15) is 33.4 Å². The van der Waals surface area contributed by atoms with Gasteiger partial charge in [0.05, 0.1) is 30.5 Å². The van der Waals surface area contributed by atoms with Crippen molar-refractivity contribution < 1.29 is 27.6 Å². The van der Waals surface area contributed by atoms with Crippen LogP contribution in [0.5, 0.6) is 0 Å². The smallest absolute Gasteiger partial charge is 0.409 e. The maximum atomic E-state index is 15.5. The van der Waals surface area contributed by atoms with Crippen molar-refractivity contribution in [1.29, 1.82) is 0 Å². The fourth-order valence-electron chi connectivity index (χ4n) is 3.88. The van der Waals surface area contributed by atoms with E-state index in [1.165, 1.54) is 25.1 Å². The summed E-state index contributed by atoms with van der Waals surface area (Å²) in [7, 11) is 1.28. The van der Waals surface area contributed by atoms with Crippen molar-refractivity contribution in [3.8, 4) is 11.4 Å². The zero-order chi connectivity index (χ0) is 24.9. The molecule has 0 saturated carbocycles. The molecule has 35 heavy (non-hydrogen) atoms. The third-order valence-electron chi connectivity index (χ3n) is 5.93. The molecule has 0 radical (unpaired) electrons. The number of halogens is 2. The number of aryl methyl sites for hydroxylation is 1. The van der Waals surface area contributed by atoms with Gasteiger partial charge in [-0.2, -0.15) is 4.98 Å². The number of benzene rings is 1. The van der Waals surface area contributed by atoms with E-state index in [-0.39, 0.29) is 40.1 Å². The van der Waals surface area contributed by atoms with Crippen LogP contribution >= 0.6 is 0 Å². The number of nitrogens with zero attached hydrogens (tertiary/aromatic N) is 5. The Morgan fingerprint density at radius 2 is 2.00 bits per heavy atom. The molecule has 0 spiro atoms. The van der Waals surface area contributed by atoms with Gasteiger partial charge in [0, 0.05) is 24.8 Å². The molecule has 12 heteroatoms. The summed E-state index contributed by atoms with van der Waals surface area (Å²) < 4.78 is 41.7. The molecule has 4 aromatic rings. The maximum Gasteiger partial charge on any atom is 0.409 e. The lowest BCUT2D eigenvalue weighted by Gasteiger charge is -2.35. The van der Waals surface area contributed by atoms with E-state index in [0.717, 1.165) is 11.6 Å². The lowest BCUT2D eigenvalue weighted by molar-refractivity contribution is 0.0804. The van der Waals surface area contributed by atoms with Crippen LogP contribution in [0.15, 0.2) is 35.1 Å². The first-order valence-electron chi connectivity index (χ1n) is 10.7. The first kappa shape index (κ1) is 22.4. The third-order valence-corrected chi connectivity index (χ3v) is 5.93. The van der Waals surface area contributed by atoms with Crippen LogP contribution in [0.25, 0.3) is 17.0 Å². The molecule has 1 saturated heterocycles. The number of carbonyl (C=O) groups excluding carboxylic acids is 2. The standard InChI is InChI=1S/C23H20F2N6O4/c1-11-4-5-17-26-7-16(31(17)8-11)21(32)27-19-12(2)15(24)6-14(18(19)25)20-28-22(35-29-20)13-9-30(10-13)23(33)34-3/h4-8,13H,9-10H2,1-3H3,(H,27,32). The molecule has 180 valence electrons. The molecule has 0 unspecified atom stereocenters. The second kappa shape index (κ2) is 8.46. The van der Waals surface area contributed by atoms with Gasteiger partial charge in [-0.25, -0.2) is 18.6 Å². The number of nitrogens with one attached hydrogen (secondary N) is 1. The lowest BCUT2D eigenvalue weighted by atomic mass is 10.0. The molecular weight excluding hydrogens is 462 g/mol. The lowest BCUT2D eigenvalue weighted by Crippen LogP contribution is -2.48. The molecule has 0 aliphatic carbocycles. The van der Waals surface area contributed by atoms with E-state index in [2.05, 4.69) is 25.2 Å². The van der Waals surface area contributed by atoms with Gasteiger partial charge in [0.15, 0.2) is 5.82 Å². The Morgan fingerprint density at radius 3 is 2.74 bits per heavy atom. The van der Waals surface area contributed by atoms with E-state index < -0.39 is 23.6 Å². The summed E-state index contributed by atoms with van der Waals surface area (Å²) in [5.41, 5.74) is 0.917. The van der Waals surface area contributed by atoms with Crippen molar-refractivity contribution in [2.24, 2.45) is 0 Å². The van der Waals surface area contributed by atoms with Gasteiger partial charge in [0.1, 0.15) is 17.2 Å². The van der Waals surface area contributed by atoms with E-state index in [1.807, 2.05) is 13.0 Å². The van der Waals surface area contributed by atoms with Crippen LogP contribution in [0, 0.1) is 25.5 Å². The van der Waals surface area contributed by atoms with Crippen molar-refractivity contribution in [3.05, 3.63) is 64.9 Å². The van der Waals surface area contributed by atoms with Crippen molar-refractivity contribution in [2.45, 2.75) is 19.8 Å². The molecule has 0 atom stereocenters. The fraction of sp³-hybridized carbons (Fsp3) is 0.261. The van der Waals surface area contributed by atoms with Crippen LogP contribution in [0.3, 0.4) is 0 Å². The van der Waals surface area contributed by atoms with Gasteiger partial charge < -0.3 is 19.5 Å². The Balaban J connectivity index is 1.43. The van der Waals surface area contributed by atoms with Gasteiger partial charge in [0.25, 0.3) is 5.91 Å². The highest BCUT2D eigenvalue weighted by molar-refractivity contribution is 6.04. The van der Waals surface area contributed by atoms with E-state index in [1.54, 1.807) is 16.7 Å². The first-order valence-corrected chi connectivity index (χ1v) is 10.7. The zero-order valence-corrected chi connectivity index (χ0v) is 19.0. The molecule has 2 amide bonds. The van der Waals surface area contributed by atoms with Gasteiger partial charge in [-0.15, -0.1) is 0 Å². The monoisotopic (exact) mass is 482 g/mol. The first-order chi connectivity index (χ1) is 16.8. The molecule has 1 aliphatic heterocycles. The SMILES string of the molecule is COC(=O)N1CC(c2nc(-c3cc(F)c(C)c(NC(=O)c4cnc5ccc(C)cn45)c3F)no2)C1. The summed E-state index contributed by atoms with van der Waals surface area (Å²) in [5.74, 6) is -2.54. The molecule has 3 aromatic heterocycles. The Bertz CT molecular complexity index is 1470. The average molecular weight is 482 g/mol. The molecule has 0 bridgehead atoms. The Morgan fingerprint density at radius 1 is 1.23 bits per heavy atom. The molecule has 10 nitrogen and oxygen atoms in total. The van der Waals surface area contributed by atoms with Crippen LogP contribution in [0.4, 0.5) is 19.3 Å².